The van der Waals surface area contributed by atoms with E-state index in [1.165, 1.54) is 6.07 Å². The molecule has 0 bridgehead atoms. The molecule has 0 unspecified atom stereocenters. The maximum atomic E-state index is 14.8. The number of hydrogen-bond acceptors (Lipinski definition) is 5. The van der Waals surface area contributed by atoms with E-state index in [1.807, 2.05) is 36.4 Å². The molecule has 2 aliphatic heterocycles. The van der Waals surface area contributed by atoms with E-state index >= 15 is 0 Å². The summed E-state index contributed by atoms with van der Waals surface area (Å²) in [5.74, 6) is 0.424. The minimum Gasteiger partial charge on any atom is -0.424 e. The molecule has 6 nitrogen and oxygen atoms in total. The van der Waals surface area contributed by atoms with Gasteiger partial charge in [-0.15, -0.1) is 0 Å². The number of amides is 1. The Hall–Kier alpha value is -3.32. The van der Waals surface area contributed by atoms with E-state index in [4.69, 9.17) is 4.74 Å². The Kier molecular flexibility index (Phi) is 6.05. The molecule has 0 saturated carbocycles. The molecule has 1 amide bonds. The normalized spacial score (nSPS) is 23.3. The first-order valence-electron chi connectivity index (χ1n) is 11.4. The van der Waals surface area contributed by atoms with Crippen molar-refractivity contribution in [1.29, 1.82) is 0 Å². The largest absolute Gasteiger partial charge is 0.424 e. The van der Waals surface area contributed by atoms with E-state index in [0.717, 1.165) is 24.8 Å². The average Bonchev–Trinajstić information content (AvgIpc) is 3.03. The number of nitrogens with zero attached hydrogens (tertiary/aromatic N) is 3. The number of halogens is 1. The van der Waals surface area contributed by atoms with Gasteiger partial charge in [-0.05, 0) is 48.2 Å². The van der Waals surface area contributed by atoms with Crippen LogP contribution in [0.15, 0.2) is 67.0 Å². The van der Waals surface area contributed by atoms with Crippen LogP contribution in [0.5, 0.6) is 11.8 Å². The summed E-state index contributed by atoms with van der Waals surface area (Å²) in [6, 6.07) is 16.8. The van der Waals surface area contributed by atoms with E-state index in [2.05, 4.69) is 20.2 Å². The zero-order chi connectivity index (χ0) is 22.7. The smallest absolute Gasteiger partial charge is 0.321 e. The number of carbonyl (C=O) groups excluding carboxylic acids is 1. The summed E-state index contributed by atoms with van der Waals surface area (Å²) in [4.78, 5) is 23.1. The van der Waals surface area contributed by atoms with Gasteiger partial charge < -0.3 is 10.1 Å². The van der Waals surface area contributed by atoms with Crippen LogP contribution in [0.2, 0.25) is 0 Å². The van der Waals surface area contributed by atoms with Crippen molar-refractivity contribution in [2.45, 2.75) is 43.7 Å². The zero-order valence-corrected chi connectivity index (χ0v) is 18.4. The van der Waals surface area contributed by atoms with Gasteiger partial charge in [-0.1, -0.05) is 36.8 Å². The van der Waals surface area contributed by atoms with Gasteiger partial charge >= 0.3 is 6.01 Å². The predicted molar refractivity (Wildman–Crippen MR) is 122 cm³/mol. The van der Waals surface area contributed by atoms with Gasteiger partial charge in [0.05, 0.1) is 5.54 Å². The number of likely N-dealkylation sites (tertiary alicyclic amines) is 1. The maximum absolute atomic E-state index is 14.8. The van der Waals surface area contributed by atoms with Crippen LogP contribution in [0, 0.1) is 5.82 Å². The van der Waals surface area contributed by atoms with Crippen molar-refractivity contribution in [3.8, 4) is 11.8 Å². The van der Waals surface area contributed by atoms with Crippen molar-refractivity contribution >= 4 is 5.91 Å². The van der Waals surface area contributed by atoms with Crippen molar-refractivity contribution in [2.75, 3.05) is 13.1 Å². The fourth-order valence-corrected chi connectivity index (χ4v) is 5.20. The quantitative estimate of drug-likeness (QED) is 0.628. The summed E-state index contributed by atoms with van der Waals surface area (Å²) in [5.41, 5.74) is 1.30. The van der Waals surface area contributed by atoms with Crippen LogP contribution in [0.1, 0.15) is 42.7 Å². The Morgan fingerprint density at radius 3 is 2.79 bits per heavy atom. The second-order valence-corrected chi connectivity index (χ2v) is 8.94. The standard InChI is InChI=1S/C26H27FN4O2/c27-23-10-2-1-9-21(23)22-17-31(18-26(22)12-4-3-11-24(32)30-26)16-19-7-5-8-20(15-19)33-25-28-13-6-14-29-25/h1-2,5-10,13-15,22H,3-4,11-12,16-18H2,(H,30,32)/t22-,26+/m0/s1. The summed E-state index contributed by atoms with van der Waals surface area (Å²) in [6.45, 7) is 2.04. The maximum Gasteiger partial charge on any atom is 0.321 e. The number of carbonyl (C=O) groups is 1. The summed E-state index contributed by atoms with van der Waals surface area (Å²) in [5, 5.41) is 3.30. The van der Waals surface area contributed by atoms with Crippen molar-refractivity contribution < 1.29 is 13.9 Å². The molecule has 0 aliphatic carbocycles. The average molecular weight is 447 g/mol. The van der Waals surface area contributed by atoms with Gasteiger partial charge in [-0.2, -0.15) is 0 Å². The second-order valence-electron chi connectivity index (χ2n) is 8.94. The van der Waals surface area contributed by atoms with E-state index < -0.39 is 5.54 Å². The van der Waals surface area contributed by atoms with Crippen LogP contribution in [0.25, 0.3) is 0 Å². The van der Waals surface area contributed by atoms with Crippen LogP contribution in [0.4, 0.5) is 4.39 Å². The van der Waals surface area contributed by atoms with Crippen molar-refractivity contribution in [1.82, 2.24) is 20.2 Å². The number of ether oxygens (including phenoxy) is 1. The van der Waals surface area contributed by atoms with Crippen LogP contribution in [-0.4, -0.2) is 39.4 Å². The summed E-state index contributed by atoms with van der Waals surface area (Å²) in [6.07, 6.45) is 6.49. The first-order valence-corrected chi connectivity index (χ1v) is 11.4. The highest BCUT2D eigenvalue weighted by molar-refractivity contribution is 5.77. The van der Waals surface area contributed by atoms with Crippen LogP contribution in [-0.2, 0) is 11.3 Å². The molecule has 7 heteroatoms. The fraction of sp³-hybridized carbons (Fsp3) is 0.346. The van der Waals surface area contributed by atoms with Gasteiger partial charge in [-0.25, -0.2) is 14.4 Å². The molecule has 1 spiro atoms. The monoisotopic (exact) mass is 446 g/mol. The minimum absolute atomic E-state index is 0.0638. The molecule has 2 aromatic carbocycles. The molecule has 33 heavy (non-hydrogen) atoms. The molecular weight excluding hydrogens is 419 g/mol. The van der Waals surface area contributed by atoms with Gasteiger partial charge in [-0.3, -0.25) is 9.69 Å². The van der Waals surface area contributed by atoms with E-state index in [0.29, 0.717) is 43.4 Å². The van der Waals surface area contributed by atoms with E-state index in [-0.39, 0.29) is 17.6 Å². The Morgan fingerprint density at radius 1 is 1.09 bits per heavy atom. The molecule has 2 aliphatic rings. The third-order valence-corrected chi connectivity index (χ3v) is 6.62. The van der Waals surface area contributed by atoms with Gasteiger partial charge in [0.15, 0.2) is 0 Å². The SMILES string of the molecule is O=C1CCCC[C@]2(CN(Cc3cccc(Oc4ncccn4)c3)C[C@H]2c2ccccc2F)N1. The highest BCUT2D eigenvalue weighted by Gasteiger charge is 2.49. The van der Waals surface area contributed by atoms with E-state index in [1.54, 1.807) is 24.5 Å². The lowest BCUT2D eigenvalue weighted by molar-refractivity contribution is -0.122. The van der Waals surface area contributed by atoms with Crippen LogP contribution in [0.3, 0.4) is 0 Å². The van der Waals surface area contributed by atoms with Crippen molar-refractivity contribution in [3.63, 3.8) is 0 Å². The lowest BCUT2D eigenvalue weighted by atomic mass is 9.78. The molecule has 3 aromatic rings. The first-order chi connectivity index (χ1) is 16.1. The Bertz CT molecular complexity index is 1130. The van der Waals surface area contributed by atoms with Gasteiger partial charge in [0.2, 0.25) is 5.91 Å². The number of hydrogen-bond donors (Lipinski definition) is 1. The second kappa shape index (κ2) is 9.27. The molecular formula is C26H27FN4O2. The van der Waals surface area contributed by atoms with Gasteiger partial charge in [0.25, 0.3) is 0 Å². The molecule has 0 radical (unpaired) electrons. The molecule has 2 saturated heterocycles. The van der Waals surface area contributed by atoms with Crippen molar-refractivity contribution in [3.05, 3.63) is 83.9 Å². The molecule has 2 fully saturated rings. The first kappa shape index (κ1) is 21.5. The number of rotatable bonds is 5. The summed E-state index contributed by atoms with van der Waals surface area (Å²) < 4.78 is 20.6. The zero-order valence-electron chi connectivity index (χ0n) is 18.4. The third-order valence-electron chi connectivity index (χ3n) is 6.62. The molecule has 3 heterocycles. The fourth-order valence-electron chi connectivity index (χ4n) is 5.20. The molecule has 1 N–H and O–H groups in total. The molecule has 2 atom stereocenters. The highest BCUT2D eigenvalue weighted by Crippen LogP contribution is 2.42. The van der Waals surface area contributed by atoms with Gasteiger partial charge in [0, 0.05) is 44.4 Å². The van der Waals surface area contributed by atoms with E-state index in [9.17, 15) is 9.18 Å². The minimum atomic E-state index is -0.457. The molecule has 170 valence electrons. The number of aromatic nitrogens is 2. The highest BCUT2D eigenvalue weighted by atomic mass is 19.1. The summed E-state index contributed by atoms with van der Waals surface area (Å²) >= 11 is 0. The molecule has 5 rings (SSSR count). The number of nitrogens with one attached hydrogen (secondary N) is 1. The molecule has 1 aromatic heterocycles. The lowest BCUT2D eigenvalue weighted by Crippen LogP contribution is -2.52. The predicted octanol–water partition coefficient (Wildman–Crippen LogP) is 4.44. The van der Waals surface area contributed by atoms with Gasteiger partial charge in [0.1, 0.15) is 11.6 Å². The topological polar surface area (TPSA) is 67.4 Å². The summed E-state index contributed by atoms with van der Waals surface area (Å²) in [7, 11) is 0. The Morgan fingerprint density at radius 2 is 1.94 bits per heavy atom. The Labute approximate surface area is 192 Å². The van der Waals surface area contributed by atoms with Crippen LogP contribution >= 0.6 is 0 Å². The van der Waals surface area contributed by atoms with Crippen LogP contribution < -0.4 is 10.1 Å². The Balaban J connectivity index is 1.39. The lowest BCUT2D eigenvalue weighted by Gasteiger charge is -2.35. The number of benzene rings is 2. The third kappa shape index (κ3) is 4.73. The van der Waals surface area contributed by atoms with Crippen molar-refractivity contribution in [2.24, 2.45) is 0 Å².